The summed E-state index contributed by atoms with van der Waals surface area (Å²) in [5.41, 5.74) is 0.139. The lowest BCUT2D eigenvalue weighted by Crippen LogP contribution is -2.41. The summed E-state index contributed by atoms with van der Waals surface area (Å²) >= 11 is 0. The first-order valence-electron chi connectivity index (χ1n) is 6.31. The van der Waals surface area contributed by atoms with Gasteiger partial charge in [0.2, 0.25) is 5.91 Å². The van der Waals surface area contributed by atoms with Gasteiger partial charge in [0.25, 0.3) is 0 Å². The van der Waals surface area contributed by atoms with E-state index in [1.807, 2.05) is 20.0 Å². The highest BCUT2D eigenvalue weighted by atomic mass is 35.5. The summed E-state index contributed by atoms with van der Waals surface area (Å²) in [4.78, 5) is 12.0. The van der Waals surface area contributed by atoms with Crippen LogP contribution in [0.4, 0.5) is 4.39 Å². The highest BCUT2D eigenvalue weighted by Gasteiger charge is 2.47. The van der Waals surface area contributed by atoms with E-state index in [-0.39, 0.29) is 30.0 Å². The number of nitrogens with one attached hydrogen (secondary N) is 2. The fourth-order valence-corrected chi connectivity index (χ4v) is 2.19. The molecule has 1 saturated carbocycles. The minimum absolute atomic E-state index is 0. The normalized spacial score (nSPS) is 17.2. The van der Waals surface area contributed by atoms with Crippen LogP contribution in [0.25, 0.3) is 0 Å². The largest absolute Gasteiger partial charge is 0.346 e. The monoisotopic (exact) mass is 286 g/mol. The maximum absolute atomic E-state index is 13.8. The molecule has 1 amide bonds. The molecule has 1 aromatic carbocycles. The van der Waals surface area contributed by atoms with Crippen LogP contribution in [0.1, 0.15) is 25.3 Å². The molecule has 0 aliphatic heterocycles. The van der Waals surface area contributed by atoms with Crippen molar-refractivity contribution in [2.75, 3.05) is 13.6 Å². The zero-order valence-corrected chi connectivity index (χ0v) is 12.0. The van der Waals surface area contributed by atoms with Crippen molar-refractivity contribution < 1.29 is 9.18 Å². The fraction of sp³-hybridized carbons (Fsp3) is 0.500. The molecule has 106 valence electrons. The van der Waals surface area contributed by atoms with E-state index >= 15 is 0 Å². The lowest BCUT2D eigenvalue weighted by Gasteiger charge is -2.21. The Morgan fingerprint density at radius 3 is 2.58 bits per heavy atom. The average molecular weight is 287 g/mol. The second kappa shape index (κ2) is 6.35. The molecule has 0 heterocycles. The minimum Gasteiger partial charge on any atom is -0.346 e. The molecule has 1 aliphatic rings. The van der Waals surface area contributed by atoms with Crippen LogP contribution in [0.3, 0.4) is 0 Å². The fourth-order valence-electron chi connectivity index (χ4n) is 2.19. The molecule has 1 fully saturated rings. The van der Waals surface area contributed by atoms with Crippen LogP contribution >= 0.6 is 12.4 Å². The number of amides is 1. The van der Waals surface area contributed by atoms with Gasteiger partial charge in [-0.05, 0) is 26.0 Å². The van der Waals surface area contributed by atoms with Crippen molar-refractivity contribution in [3.05, 3.63) is 35.6 Å². The van der Waals surface area contributed by atoms with E-state index in [9.17, 15) is 9.18 Å². The molecule has 1 atom stereocenters. The Morgan fingerprint density at radius 2 is 2.05 bits per heavy atom. The van der Waals surface area contributed by atoms with Crippen LogP contribution in [-0.4, -0.2) is 19.5 Å². The second-order valence-electron chi connectivity index (χ2n) is 5.01. The molecular weight excluding hydrogens is 267 g/mol. The summed E-state index contributed by atoms with van der Waals surface area (Å²) in [6, 6.07) is 6.67. The molecule has 0 aromatic heterocycles. The van der Waals surface area contributed by atoms with Crippen molar-refractivity contribution in [1.82, 2.24) is 10.6 Å². The lowest BCUT2D eigenvalue weighted by atomic mass is 10.0. The number of carbonyl (C=O) groups is 1. The molecule has 5 heteroatoms. The van der Waals surface area contributed by atoms with E-state index in [1.165, 1.54) is 6.07 Å². The standard InChI is InChI=1S/C14H19FN2O.ClH/c1-10(9-16-2)13(18)17-14(7-8-14)11-5-3-4-6-12(11)15;/h3-6,10,16H,7-9H2,1-2H3,(H,17,18);1H. The van der Waals surface area contributed by atoms with Gasteiger partial charge in [0.05, 0.1) is 5.54 Å². The van der Waals surface area contributed by atoms with Crippen LogP contribution in [-0.2, 0) is 10.3 Å². The predicted octanol–water partition coefficient (Wildman–Crippen LogP) is 2.21. The van der Waals surface area contributed by atoms with E-state index in [4.69, 9.17) is 0 Å². The number of benzene rings is 1. The third-order valence-corrected chi connectivity index (χ3v) is 3.46. The van der Waals surface area contributed by atoms with Crippen molar-refractivity contribution in [3.8, 4) is 0 Å². The molecule has 3 nitrogen and oxygen atoms in total. The molecule has 0 radical (unpaired) electrons. The molecule has 1 unspecified atom stereocenters. The second-order valence-corrected chi connectivity index (χ2v) is 5.01. The highest BCUT2D eigenvalue weighted by Crippen LogP contribution is 2.46. The average Bonchev–Trinajstić information content (AvgIpc) is 3.10. The van der Waals surface area contributed by atoms with E-state index in [0.29, 0.717) is 12.1 Å². The van der Waals surface area contributed by atoms with Crippen LogP contribution in [0, 0.1) is 11.7 Å². The van der Waals surface area contributed by atoms with E-state index < -0.39 is 5.54 Å². The Kier molecular flexibility index (Phi) is 5.32. The zero-order valence-electron chi connectivity index (χ0n) is 11.2. The summed E-state index contributed by atoms with van der Waals surface area (Å²) in [5, 5.41) is 5.96. The van der Waals surface area contributed by atoms with Gasteiger partial charge in [0.15, 0.2) is 0 Å². The van der Waals surface area contributed by atoms with E-state index in [0.717, 1.165) is 12.8 Å². The van der Waals surface area contributed by atoms with Crippen molar-refractivity contribution in [1.29, 1.82) is 0 Å². The first-order chi connectivity index (χ1) is 8.59. The Balaban J connectivity index is 0.00000180. The van der Waals surface area contributed by atoms with Crippen molar-refractivity contribution >= 4 is 18.3 Å². The number of carbonyl (C=O) groups excluding carboxylic acids is 1. The molecule has 0 saturated heterocycles. The van der Waals surface area contributed by atoms with Crippen molar-refractivity contribution in [2.45, 2.75) is 25.3 Å². The third-order valence-electron chi connectivity index (χ3n) is 3.46. The highest BCUT2D eigenvalue weighted by molar-refractivity contribution is 5.85. The summed E-state index contributed by atoms with van der Waals surface area (Å²) in [7, 11) is 1.81. The van der Waals surface area contributed by atoms with Gasteiger partial charge < -0.3 is 10.6 Å². The van der Waals surface area contributed by atoms with Crippen molar-refractivity contribution in [3.63, 3.8) is 0 Å². The van der Waals surface area contributed by atoms with Gasteiger partial charge in [0.1, 0.15) is 5.82 Å². The first-order valence-corrected chi connectivity index (χ1v) is 6.31. The maximum atomic E-state index is 13.8. The topological polar surface area (TPSA) is 41.1 Å². The van der Waals surface area contributed by atoms with Crippen LogP contribution < -0.4 is 10.6 Å². The van der Waals surface area contributed by atoms with Gasteiger partial charge in [0, 0.05) is 18.0 Å². The molecule has 1 aromatic rings. The summed E-state index contributed by atoms with van der Waals surface area (Å²) in [6.45, 7) is 2.49. The van der Waals surface area contributed by atoms with Gasteiger partial charge in [-0.15, -0.1) is 12.4 Å². The van der Waals surface area contributed by atoms with Gasteiger partial charge in [-0.2, -0.15) is 0 Å². The molecule has 1 aliphatic carbocycles. The summed E-state index contributed by atoms with van der Waals surface area (Å²) in [5.74, 6) is -0.374. The quantitative estimate of drug-likeness (QED) is 0.871. The molecular formula is C14H20ClFN2O. The number of hydrogen-bond donors (Lipinski definition) is 2. The number of rotatable bonds is 5. The summed E-state index contributed by atoms with van der Waals surface area (Å²) < 4.78 is 13.8. The Bertz CT molecular complexity index is 449. The van der Waals surface area contributed by atoms with Crippen LogP contribution in [0.15, 0.2) is 24.3 Å². The minimum atomic E-state index is -0.468. The van der Waals surface area contributed by atoms with Crippen molar-refractivity contribution in [2.24, 2.45) is 5.92 Å². The SMILES string of the molecule is CNCC(C)C(=O)NC1(c2ccccc2F)CC1.Cl. The molecule has 2 N–H and O–H groups in total. The van der Waals surface area contributed by atoms with E-state index in [1.54, 1.807) is 12.1 Å². The van der Waals surface area contributed by atoms with E-state index in [2.05, 4.69) is 10.6 Å². The Hall–Kier alpha value is -1.13. The number of halogens is 2. The Morgan fingerprint density at radius 1 is 1.42 bits per heavy atom. The van der Waals surface area contributed by atoms with Crippen LogP contribution in [0.5, 0.6) is 0 Å². The smallest absolute Gasteiger partial charge is 0.224 e. The van der Waals surface area contributed by atoms with Crippen LogP contribution in [0.2, 0.25) is 0 Å². The molecule has 0 bridgehead atoms. The number of hydrogen-bond acceptors (Lipinski definition) is 2. The van der Waals surface area contributed by atoms with Gasteiger partial charge >= 0.3 is 0 Å². The predicted molar refractivity (Wildman–Crippen MR) is 75.8 cm³/mol. The van der Waals surface area contributed by atoms with Gasteiger partial charge in [-0.25, -0.2) is 4.39 Å². The first kappa shape index (κ1) is 15.9. The molecule has 2 rings (SSSR count). The molecule has 0 spiro atoms. The third kappa shape index (κ3) is 3.45. The molecule has 19 heavy (non-hydrogen) atoms. The maximum Gasteiger partial charge on any atom is 0.224 e. The lowest BCUT2D eigenvalue weighted by molar-refractivity contribution is -0.125. The van der Waals surface area contributed by atoms with Gasteiger partial charge in [-0.1, -0.05) is 25.1 Å². The van der Waals surface area contributed by atoms with Gasteiger partial charge in [-0.3, -0.25) is 4.79 Å². The Labute approximate surface area is 119 Å². The zero-order chi connectivity index (χ0) is 13.2. The summed E-state index contributed by atoms with van der Waals surface area (Å²) in [6.07, 6.45) is 1.62.